The number of hydrogen-bond donors (Lipinski definition) is 2. The molecule has 1 rings (SSSR count). The number of nitrogens with one attached hydrogen (secondary N) is 1. The van der Waals surface area contributed by atoms with Gasteiger partial charge in [-0.1, -0.05) is 18.2 Å². The standard InChI is InChI=1S/C7H8N2S.ClH/c8-7(10)9-6-4-2-1-3-5-6;/h1-5H,(H3,8,9,10);1H. The first-order chi connectivity index (χ1) is 4.79. The van der Waals surface area contributed by atoms with Crippen molar-refractivity contribution in [1.82, 2.24) is 0 Å². The van der Waals surface area contributed by atoms with Gasteiger partial charge in [0.05, 0.1) is 0 Å². The van der Waals surface area contributed by atoms with Crippen molar-refractivity contribution in [3.8, 4) is 0 Å². The SMILES string of the molecule is Cl.NC(=S)Nc1ccccc1. The maximum Gasteiger partial charge on any atom is 0.168 e. The van der Waals surface area contributed by atoms with E-state index in [1.165, 1.54) is 0 Å². The first kappa shape index (κ1) is 10.2. The van der Waals surface area contributed by atoms with Gasteiger partial charge in [0.25, 0.3) is 0 Å². The van der Waals surface area contributed by atoms with E-state index in [1.54, 1.807) is 0 Å². The minimum atomic E-state index is 0. The molecule has 0 saturated heterocycles. The Morgan fingerprint density at radius 3 is 2.27 bits per heavy atom. The van der Waals surface area contributed by atoms with Gasteiger partial charge in [-0.3, -0.25) is 0 Å². The summed E-state index contributed by atoms with van der Waals surface area (Å²) in [5.41, 5.74) is 6.17. The van der Waals surface area contributed by atoms with Crippen molar-refractivity contribution < 1.29 is 0 Å². The number of para-hydroxylation sites is 1. The van der Waals surface area contributed by atoms with E-state index in [0.29, 0.717) is 5.11 Å². The number of rotatable bonds is 1. The molecule has 0 heterocycles. The fourth-order valence-electron chi connectivity index (χ4n) is 0.664. The van der Waals surface area contributed by atoms with E-state index in [4.69, 9.17) is 5.73 Å². The van der Waals surface area contributed by atoms with E-state index in [-0.39, 0.29) is 12.4 Å². The Kier molecular flexibility index (Phi) is 4.57. The van der Waals surface area contributed by atoms with Crippen LogP contribution in [0.1, 0.15) is 0 Å². The molecule has 0 saturated carbocycles. The maximum atomic E-state index is 5.24. The molecule has 0 spiro atoms. The van der Waals surface area contributed by atoms with E-state index in [9.17, 15) is 0 Å². The molecule has 0 aliphatic heterocycles. The molecule has 0 aliphatic carbocycles. The first-order valence-electron chi connectivity index (χ1n) is 2.90. The molecule has 60 valence electrons. The Balaban J connectivity index is 0.000001000. The maximum absolute atomic E-state index is 5.24. The Labute approximate surface area is 77.2 Å². The largest absolute Gasteiger partial charge is 0.376 e. The van der Waals surface area contributed by atoms with Gasteiger partial charge in [-0.15, -0.1) is 12.4 Å². The highest BCUT2D eigenvalue weighted by Crippen LogP contribution is 2.03. The summed E-state index contributed by atoms with van der Waals surface area (Å²) < 4.78 is 0. The Hall–Kier alpha value is -0.800. The van der Waals surface area contributed by atoms with Crippen LogP contribution in [-0.2, 0) is 0 Å². The number of anilines is 1. The lowest BCUT2D eigenvalue weighted by molar-refractivity contribution is 1.61. The van der Waals surface area contributed by atoms with Gasteiger partial charge in [0.1, 0.15) is 0 Å². The third-order valence-corrected chi connectivity index (χ3v) is 1.14. The molecule has 11 heavy (non-hydrogen) atoms. The lowest BCUT2D eigenvalue weighted by atomic mass is 10.3. The Morgan fingerprint density at radius 1 is 1.27 bits per heavy atom. The van der Waals surface area contributed by atoms with Crippen LogP contribution in [0.4, 0.5) is 5.69 Å². The second-order valence-electron chi connectivity index (χ2n) is 1.86. The average molecular weight is 189 g/mol. The molecule has 0 unspecified atom stereocenters. The van der Waals surface area contributed by atoms with Crippen molar-refractivity contribution in [1.29, 1.82) is 0 Å². The predicted octanol–water partition coefficient (Wildman–Crippen LogP) is 1.76. The highest BCUT2D eigenvalue weighted by Gasteiger charge is 1.87. The van der Waals surface area contributed by atoms with Crippen LogP contribution in [-0.4, -0.2) is 5.11 Å². The number of hydrogen-bond acceptors (Lipinski definition) is 1. The van der Waals surface area contributed by atoms with Crippen LogP contribution >= 0.6 is 24.6 Å². The van der Waals surface area contributed by atoms with Gasteiger partial charge < -0.3 is 11.1 Å². The molecule has 3 N–H and O–H groups in total. The number of halogens is 1. The van der Waals surface area contributed by atoms with Gasteiger partial charge in [0, 0.05) is 5.69 Å². The fraction of sp³-hybridized carbons (Fsp3) is 0. The van der Waals surface area contributed by atoms with Crippen molar-refractivity contribution in [2.75, 3.05) is 5.32 Å². The van der Waals surface area contributed by atoms with Crippen LogP contribution in [0.25, 0.3) is 0 Å². The Bertz CT molecular complexity index is 225. The van der Waals surface area contributed by atoms with Crippen molar-refractivity contribution >= 4 is 35.4 Å². The molecule has 4 heteroatoms. The normalized spacial score (nSPS) is 8.00. The molecule has 0 fully saturated rings. The van der Waals surface area contributed by atoms with E-state index in [1.807, 2.05) is 30.3 Å². The van der Waals surface area contributed by atoms with Crippen LogP contribution in [0.2, 0.25) is 0 Å². The molecular formula is C7H9ClN2S. The summed E-state index contributed by atoms with van der Waals surface area (Å²) in [4.78, 5) is 0. The van der Waals surface area contributed by atoms with Gasteiger partial charge in [0.2, 0.25) is 0 Å². The van der Waals surface area contributed by atoms with Gasteiger partial charge in [-0.05, 0) is 24.4 Å². The molecule has 0 atom stereocenters. The summed E-state index contributed by atoms with van der Waals surface area (Å²) in [6, 6.07) is 9.57. The molecule has 0 aromatic heterocycles. The summed E-state index contributed by atoms with van der Waals surface area (Å²) in [5, 5.41) is 3.11. The molecule has 2 nitrogen and oxygen atoms in total. The van der Waals surface area contributed by atoms with Crippen LogP contribution in [0.5, 0.6) is 0 Å². The van der Waals surface area contributed by atoms with Crippen molar-refractivity contribution in [3.05, 3.63) is 30.3 Å². The van der Waals surface area contributed by atoms with Crippen molar-refractivity contribution in [2.24, 2.45) is 5.73 Å². The van der Waals surface area contributed by atoms with Gasteiger partial charge in [-0.2, -0.15) is 0 Å². The minimum Gasteiger partial charge on any atom is -0.376 e. The summed E-state index contributed by atoms with van der Waals surface area (Å²) in [6.45, 7) is 0. The first-order valence-corrected chi connectivity index (χ1v) is 3.31. The van der Waals surface area contributed by atoms with Crippen LogP contribution in [0, 0.1) is 0 Å². The number of benzene rings is 1. The zero-order chi connectivity index (χ0) is 7.40. The third kappa shape index (κ3) is 3.80. The predicted molar refractivity (Wildman–Crippen MR) is 54.1 cm³/mol. The second kappa shape index (κ2) is 4.93. The fourth-order valence-corrected chi connectivity index (χ4v) is 0.782. The quantitative estimate of drug-likeness (QED) is 0.660. The molecular weight excluding hydrogens is 180 g/mol. The molecule has 0 aliphatic rings. The lowest BCUT2D eigenvalue weighted by Crippen LogP contribution is -2.18. The van der Waals surface area contributed by atoms with Crippen molar-refractivity contribution in [3.63, 3.8) is 0 Å². The van der Waals surface area contributed by atoms with Crippen LogP contribution in [0.15, 0.2) is 30.3 Å². The molecule has 0 radical (unpaired) electrons. The monoisotopic (exact) mass is 188 g/mol. The smallest absolute Gasteiger partial charge is 0.168 e. The van der Waals surface area contributed by atoms with E-state index < -0.39 is 0 Å². The van der Waals surface area contributed by atoms with Gasteiger partial charge in [0.15, 0.2) is 5.11 Å². The van der Waals surface area contributed by atoms with Crippen LogP contribution in [0.3, 0.4) is 0 Å². The number of thiocarbonyl (C=S) groups is 1. The summed E-state index contributed by atoms with van der Waals surface area (Å²) in [7, 11) is 0. The van der Waals surface area contributed by atoms with E-state index in [2.05, 4.69) is 17.5 Å². The third-order valence-electron chi connectivity index (χ3n) is 1.04. The minimum absolute atomic E-state index is 0. The molecule has 0 amide bonds. The highest BCUT2D eigenvalue weighted by molar-refractivity contribution is 7.80. The van der Waals surface area contributed by atoms with E-state index >= 15 is 0 Å². The zero-order valence-electron chi connectivity index (χ0n) is 5.78. The summed E-state index contributed by atoms with van der Waals surface area (Å²) in [6.07, 6.45) is 0. The van der Waals surface area contributed by atoms with Gasteiger partial charge in [-0.25, -0.2) is 0 Å². The number of nitrogens with two attached hydrogens (primary N) is 1. The van der Waals surface area contributed by atoms with Crippen molar-refractivity contribution in [2.45, 2.75) is 0 Å². The zero-order valence-corrected chi connectivity index (χ0v) is 7.41. The molecule has 1 aromatic carbocycles. The topological polar surface area (TPSA) is 38.0 Å². The highest BCUT2D eigenvalue weighted by atomic mass is 35.5. The Morgan fingerprint density at radius 2 is 1.82 bits per heavy atom. The lowest BCUT2D eigenvalue weighted by Gasteiger charge is -2.00. The summed E-state index contributed by atoms with van der Waals surface area (Å²) in [5.74, 6) is 0. The van der Waals surface area contributed by atoms with Crippen LogP contribution < -0.4 is 11.1 Å². The average Bonchev–Trinajstić information content (AvgIpc) is 1.88. The molecule has 1 aromatic rings. The van der Waals surface area contributed by atoms with Gasteiger partial charge >= 0.3 is 0 Å². The molecule has 0 bridgehead atoms. The van der Waals surface area contributed by atoms with E-state index in [0.717, 1.165) is 5.69 Å². The summed E-state index contributed by atoms with van der Waals surface area (Å²) >= 11 is 4.64. The second-order valence-corrected chi connectivity index (χ2v) is 2.30.